The topological polar surface area (TPSA) is 370 Å². The van der Waals surface area contributed by atoms with Crippen LogP contribution in [0.1, 0.15) is 160 Å². The number of rotatable bonds is 39. The standard InChI is InChI=1S/C63H91N11O16S/c1-12-38(4)56(70-62(89)63(7,8)71(9)10)60(86)72(11)46(37(2)3)35-48(90-40(6)75)59-69-45(36-91-59)58(85)66-42(32-39(5)61(87)88)33-41-22-23-47(76)44(34-41)68-50(78)19-15-29-65-57(84)43(67-51(79)21-17-31-74-54(82)26-27-55(74)83)18-13-14-28-64-49(77)20-16-30-73-52(80)24-25-53(73)81/h22-27,34,36-39,42-43,46,48,56,76H,12-21,28-33,35H2,1-11H3,(H,64,77)(H,65,84)(H,66,85)(H,67,79)(H,68,78)(H,70,89)(H,87,88)/t38-,39?,42+,43-,46+,48+,56-/m0/s1. The zero-order valence-electron chi connectivity index (χ0n) is 54.0. The van der Waals surface area contributed by atoms with Crippen LogP contribution in [0.4, 0.5) is 5.69 Å². The Hall–Kier alpha value is -8.40. The third kappa shape index (κ3) is 23.4. The third-order valence-corrected chi connectivity index (χ3v) is 17.1. The number of esters is 1. The van der Waals surface area contributed by atoms with Gasteiger partial charge in [0.15, 0.2) is 6.10 Å². The zero-order valence-corrected chi connectivity index (χ0v) is 54.8. The molecule has 1 unspecified atom stereocenters. The molecule has 2 aliphatic rings. The molecule has 28 heteroatoms. The number of carbonyl (C=O) groups is 13. The molecule has 91 heavy (non-hydrogen) atoms. The van der Waals surface area contributed by atoms with Crippen LogP contribution in [0.5, 0.6) is 5.75 Å². The van der Waals surface area contributed by atoms with Crippen molar-refractivity contribution in [2.75, 3.05) is 52.6 Å². The van der Waals surface area contributed by atoms with E-state index in [0.29, 0.717) is 24.8 Å². The fourth-order valence-corrected chi connectivity index (χ4v) is 10.8. The quantitative estimate of drug-likeness (QED) is 0.0205. The van der Waals surface area contributed by atoms with E-state index in [0.717, 1.165) is 33.3 Å². The van der Waals surface area contributed by atoms with Crippen LogP contribution in [0.15, 0.2) is 47.9 Å². The highest BCUT2D eigenvalue weighted by atomic mass is 32.1. The van der Waals surface area contributed by atoms with E-state index in [2.05, 4.69) is 36.9 Å². The zero-order chi connectivity index (χ0) is 67.9. The molecule has 0 fully saturated rings. The number of ether oxygens (including phenoxy) is 1. The number of hydrogen-bond donors (Lipinski definition) is 8. The predicted octanol–water partition coefficient (Wildman–Crippen LogP) is 3.67. The van der Waals surface area contributed by atoms with E-state index in [9.17, 15) is 72.5 Å². The molecule has 0 bridgehead atoms. The van der Waals surface area contributed by atoms with Crippen molar-refractivity contribution in [2.24, 2.45) is 17.8 Å². The predicted molar refractivity (Wildman–Crippen MR) is 336 cm³/mol. The number of carboxylic acid groups (broad SMARTS) is 1. The number of amides is 11. The summed E-state index contributed by atoms with van der Waals surface area (Å²) < 4.78 is 5.80. The summed E-state index contributed by atoms with van der Waals surface area (Å²) in [5.74, 6) is -8.42. The van der Waals surface area contributed by atoms with E-state index in [1.165, 1.54) is 43.5 Å². The molecule has 2 aliphatic heterocycles. The number of anilines is 1. The van der Waals surface area contributed by atoms with Crippen LogP contribution in [-0.2, 0) is 68.7 Å². The molecule has 0 radical (unpaired) electrons. The van der Waals surface area contributed by atoms with Crippen LogP contribution in [0.2, 0.25) is 0 Å². The highest BCUT2D eigenvalue weighted by Crippen LogP contribution is 2.32. The number of hydrogen-bond acceptors (Lipinski definition) is 18. The number of carbonyl (C=O) groups excluding carboxylic acids is 12. The van der Waals surface area contributed by atoms with Crippen LogP contribution in [0, 0.1) is 17.8 Å². The smallest absolute Gasteiger partial charge is 0.306 e. The minimum Gasteiger partial charge on any atom is -0.506 e. The number of unbranched alkanes of at least 4 members (excludes halogenated alkanes) is 1. The van der Waals surface area contributed by atoms with Crippen LogP contribution >= 0.6 is 11.3 Å². The number of thiazole rings is 1. The monoisotopic (exact) mass is 1290 g/mol. The van der Waals surface area contributed by atoms with Crippen molar-refractivity contribution in [3.63, 3.8) is 0 Å². The molecular weight excluding hydrogens is 1200 g/mol. The molecule has 0 spiro atoms. The molecule has 1 aromatic heterocycles. The van der Waals surface area contributed by atoms with Gasteiger partial charge in [0, 0.05) is 108 Å². The second kappa shape index (κ2) is 35.9. The van der Waals surface area contributed by atoms with Crippen LogP contribution in [-0.4, -0.2) is 189 Å². The summed E-state index contributed by atoms with van der Waals surface area (Å²) in [6, 6.07) is 1.13. The van der Waals surface area contributed by atoms with Crippen molar-refractivity contribution >= 4 is 93.9 Å². The molecule has 8 N–H and O–H groups in total. The minimum absolute atomic E-state index is 0.000180. The highest BCUT2D eigenvalue weighted by Gasteiger charge is 2.39. The summed E-state index contributed by atoms with van der Waals surface area (Å²) in [6.07, 6.45) is 5.65. The number of carboxylic acids is 1. The van der Waals surface area contributed by atoms with Gasteiger partial charge in [-0.15, -0.1) is 11.3 Å². The number of aromatic hydroxyl groups is 1. The first-order valence-corrected chi connectivity index (χ1v) is 31.7. The maximum Gasteiger partial charge on any atom is 0.306 e. The Labute approximate surface area is 535 Å². The second-order valence-electron chi connectivity index (χ2n) is 24.1. The maximum absolute atomic E-state index is 14.3. The SMILES string of the molecule is CC[C@H](C)[C@H](NC(=O)C(C)(C)N(C)C)C(=O)N(C)[C@H](C[C@@H](OC(C)=O)c1nc(C(=O)N[C@@H](Cc2ccc(O)c(NC(=O)CCCNC(=O)[C@H](CCCCNC(=O)CCCN3C(=O)C=CC3=O)NC(=O)CCCN3C(=O)C=CC3=O)c2)CC(C)C(=O)O)cs1)C(C)C. The Morgan fingerprint density at radius 3 is 1.88 bits per heavy atom. The van der Waals surface area contributed by atoms with E-state index in [1.807, 2.05) is 27.7 Å². The summed E-state index contributed by atoms with van der Waals surface area (Å²) in [4.78, 5) is 176. The van der Waals surface area contributed by atoms with Crippen LogP contribution in [0.3, 0.4) is 0 Å². The van der Waals surface area contributed by atoms with Gasteiger partial charge in [0.05, 0.1) is 17.1 Å². The van der Waals surface area contributed by atoms with Crippen molar-refractivity contribution in [3.05, 3.63) is 64.1 Å². The van der Waals surface area contributed by atoms with Gasteiger partial charge in [-0.25, -0.2) is 4.98 Å². The molecule has 0 saturated heterocycles. The van der Waals surface area contributed by atoms with Crippen LogP contribution in [0.25, 0.3) is 0 Å². The largest absolute Gasteiger partial charge is 0.506 e. The average molecular weight is 1290 g/mol. The van der Waals surface area contributed by atoms with Gasteiger partial charge >= 0.3 is 11.9 Å². The van der Waals surface area contributed by atoms with Gasteiger partial charge < -0.3 is 51.8 Å². The molecule has 7 atom stereocenters. The average Bonchev–Trinajstić information content (AvgIpc) is 2.16. The third-order valence-electron chi connectivity index (χ3n) is 16.2. The summed E-state index contributed by atoms with van der Waals surface area (Å²) in [5, 5.41) is 39.2. The molecule has 500 valence electrons. The lowest BCUT2D eigenvalue weighted by molar-refractivity contribution is -0.149. The Kier molecular flexibility index (Phi) is 29.6. The molecule has 0 saturated carbocycles. The summed E-state index contributed by atoms with van der Waals surface area (Å²) >= 11 is 1.06. The first kappa shape index (κ1) is 75.1. The second-order valence-corrected chi connectivity index (χ2v) is 25.0. The van der Waals surface area contributed by atoms with Gasteiger partial charge in [0.25, 0.3) is 29.5 Å². The molecule has 2 aromatic rings. The van der Waals surface area contributed by atoms with Crippen molar-refractivity contribution in [3.8, 4) is 5.75 Å². The van der Waals surface area contributed by atoms with E-state index < -0.39 is 101 Å². The molecule has 0 aliphatic carbocycles. The fourth-order valence-electron chi connectivity index (χ4n) is 9.92. The summed E-state index contributed by atoms with van der Waals surface area (Å²) in [5.41, 5.74) is -0.444. The number of likely N-dealkylation sites (N-methyl/N-ethyl adjacent to an activating group) is 2. The Bertz CT molecular complexity index is 3000. The van der Waals surface area contributed by atoms with E-state index in [1.54, 1.807) is 50.9 Å². The number of benzene rings is 1. The Morgan fingerprint density at radius 1 is 0.736 bits per heavy atom. The van der Waals surface area contributed by atoms with Gasteiger partial charge in [-0.2, -0.15) is 0 Å². The number of nitrogens with zero attached hydrogens (tertiary/aromatic N) is 5. The molecule has 27 nitrogen and oxygen atoms in total. The maximum atomic E-state index is 14.3. The molecule has 4 rings (SSSR count). The van der Waals surface area contributed by atoms with E-state index >= 15 is 0 Å². The number of imide groups is 2. The lowest BCUT2D eigenvalue weighted by Crippen LogP contribution is -2.60. The summed E-state index contributed by atoms with van der Waals surface area (Å²) in [6.45, 7) is 14.2. The number of phenols is 1. The molecular formula is C63H91N11O16S. The van der Waals surface area contributed by atoms with Gasteiger partial charge in [-0.05, 0) is 109 Å². The Balaban J connectivity index is 1.38. The van der Waals surface area contributed by atoms with Gasteiger partial charge in [0.2, 0.25) is 35.4 Å². The number of phenolic OH excluding ortho intramolecular Hbond substituents is 1. The first-order valence-electron chi connectivity index (χ1n) is 30.8. The number of aromatic nitrogens is 1. The lowest BCUT2D eigenvalue weighted by Gasteiger charge is -2.38. The number of aliphatic carboxylic acids is 1. The van der Waals surface area contributed by atoms with E-state index in [4.69, 9.17) is 4.74 Å². The van der Waals surface area contributed by atoms with E-state index in [-0.39, 0.29) is 142 Å². The number of nitrogens with one attached hydrogen (secondary N) is 6. The lowest BCUT2D eigenvalue weighted by atomic mass is 9.92. The first-order chi connectivity index (χ1) is 42.8. The van der Waals surface area contributed by atoms with Gasteiger partial charge in [-0.3, -0.25) is 77.0 Å². The summed E-state index contributed by atoms with van der Waals surface area (Å²) in [7, 11) is 5.19. The molecule has 11 amide bonds. The fraction of sp³-hybridized carbons (Fsp3) is 0.587. The minimum atomic E-state index is -1.12. The van der Waals surface area contributed by atoms with Crippen molar-refractivity contribution in [1.82, 2.24) is 51.2 Å². The van der Waals surface area contributed by atoms with Crippen molar-refractivity contribution in [2.45, 2.75) is 175 Å². The molecule has 1 aromatic carbocycles. The normalized spacial score (nSPS) is 15.4. The van der Waals surface area contributed by atoms with Crippen LogP contribution < -0.4 is 31.9 Å². The Morgan fingerprint density at radius 2 is 1.32 bits per heavy atom. The van der Waals surface area contributed by atoms with Crippen molar-refractivity contribution < 1.29 is 77.3 Å². The van der Waals surface area contributed by atoms with Gasteiger partial charge in [0.1, 0.15) is 28.5 Å². The van der Waals surface area contributed by atoms with Gasteiger partial charge in [-0.1, -0.05) is 47.1 Å². The van der Waals surface area contributed by atoms with Crippen molar-refractivity contribution in [1.29, 1.82) is 0 Å². The highest BCUT2D eigenvalue weighted by molar-refractivity contribution is 7.09. The molecule has 3 heterocycles.